The fourth-order valence-electron chi connectivity index (χ4n) is 7.16. The smallest absolute Gasteiger partial charge is 0.00201 e. The third kappa shape index (κ3) is 4.47. The van der Waals surface area contributed by atoms with Crippen molar-refractivity contribution >= 4 is 43.1 Å². The maximum absolute atomic E-state index is 2.37. The van der Waals surface area contributed by atoms with Gasteiger partial charge in [-0.2, -0.15) is 0 Å². The predicted octanol–water partition coefficient (Wildman–Crippen LogP) is 13.0. The maximum Gasteiger partial charge on any atom is -0.00201 e. The minimum Gasteiger partial charge on any atom is -0.0622 e. The van der Waals surface area contributed by atoms with Crippen LogP contribution in [0.4, 0.5) is 0 Å². The van der Waals surface area contributed by atoms with Crippen LogP contribution < -0.4 is 0 Å². The molecule has 0 radical (unpaired) electrons. The molecule has 0 amide bonds. The standard InChI is InChI=1S/C46H30/c1-3-11-31(12-4-1)33-19-21-37-29-39(25-23-35(37)27-33)45-43-17-9-7-15-41(43)42-16-8-10-18-44(42)46(45)40-26-24-36-28-34(20-22-38(36)30-40)32-13-5-2-6-14-32/h1-30H. The molecule has 0 unspecified atom stereocenters. The first kappa shape index (κ1) is 26.4. The molecule has 0 aliphatic heterocycles. The fourth-order valence-corrected chi connectivity index (χ4v) is 7.16. The van der Waals surface area contributed by atoms with Crippen LogP contribution in [-0.4, -0.2) is 0 Å². The number of fused-ring (bicyclic) bond motifs is 5. The van der Waals surface area contributed by atoms with E-state index in [4.69, 9.17) is 0 Å². The third-order valence-electron chi connectivity index (χ3n) is 9.41. The highest BCUT2D eigenvalue weighted by Crippen LogP contribution is 2.45. The van der Waals surface area contributed by atoms with E-state index in [1.165, 1.54) is 87.6 Å². The molecule has 0 nitrogen and oxygen atoms in total. The lowest BCUT2D eigenvalue weighted by molar-refractivity contribution is 1.63. The van der Waals surface area contributed by atoms with Crippen molar-refractivity contribution in [2.24, 2.45) is 0 Å². The second kappa shape index (κ2) is 10.9. The molecular formula is C46H30. The van der Waals surface area contributed by atoms with Gasteiger partial charge < -0.3 is 0 Å². The van der Waals surface area contributed by atoms with Crippen molar-refractivity contribution in [1.29, 1.82) is 0 Å². The zero-order chi connectivity index (χ0) is 30.5. The molecule has 46 heavy (non-hydrogen) atoms. The number of rotatable bonds is 4. The molecule has 0 N–H and O–H groups in total. The summed E-state index contributed by atoms with van der Waals surface area (Å²) < 4.78 is 0. The van der Waals surface area contributed by atoms with Gasteiger partial charge in [0.05, 0.1) is 0 Å². The Kier molecular flexibility index (Phi) is 6.25. The van der Waals surface area contributed by atoms with Gasteiger partial charge in [0.15, 0.2) is 0 Å². The fraction of sp³-hybridized carbons (Fsp3) is 0. The molecule has 0 heterocycles. The highest BCUT2D eigenvalue weighted by Gasteiger charge is 2.18. The lowest BCUT2D eigenvalue weighted by Gasteiger charge is -2.19. The van der Waals surface area contributed by atoms with Crippen LogP contribution in [0.3, 0.4) is 0 Å². The molecular weight excluding hydrogens is 553 g/mol. The van der Waals surface area contributed by atoms with Crippen molar-refractivity contribution in [3.63, 3.8) is 0 Å². The monoisotopic (exact) mass is 582 g/mol. The summed E-state index contributed by atoms with van der Waals surface area (Å²) in [5, 5.41) is 10.1. The molecule has 0 spiro atoms. The van der Waals surface area contributed by atoms with Gasteiger partial charge in [0.25, 0.3) is 0 Å². The summed E-state index contributed by atoms with van der Waals surface area (Å²) in [4.78, 5) is 0. The molecule has 0 aromatic heterocycles. The zero-order valence-corrected chi connectivity index (χ0v) is 25.3. The number of hydrogen-bond donors (Lipinski definition) is 0. The molecule has 214 valence electrons. The van der Waals surface area contributed by atoms with Crippen molar-refractivity contribution in [3.8, 4) is 44.5 Å². The van der Waals surface area contributed by atoms with Crippen LogP contribution in [0.5, 0.6) is 0 Å². The highest BCUT2D eigenvalue weighted by molar-refractivity contribution is 6.22. The van der Waals surface area contributed by atoms with E-state index in [9.17, 15) is 0 Å². The molecule has 0 atom stereocenters. The van der Waals surface area contributed by atoms with E-state index in [0.29, 0.717) is 0 Å². The first-order valence-electron chi connectivity index (χ1n) is 15.9. The molecule has 0 aliphatic rings. The number of benzene rings is 9. The molecule has 0 aliphatic carbocycles. The van der Waals surface area contributed by atoms with Gasteiger partial charge in [0.1, 0.15) is 0 Å². The third-order valence-corrected chi connectivity index (χ3v) is 9.41. The lowest BCUT2D eigenvalue weighted by atomic mass is 9.84. The zero-order valence-electron chi connectivity index (χ0n) is 25.3. The molecule has 0 heteroatoms. The summed E-state index contributed by atoms with van der Waals surface area (Å²) in [7, 11) is 0. The summed E-state index contributed by atoms with van der Waals surface area (Å²) in [5.41, 5.74) is 9.99. The van der Waals surface area contributed by atoms with Gasteiger partial charge in [0, 0.05) is 0 Å². The van der Waals surface area contributed by atoms with E-state index in [-0.39, 0.29) is 0 Å². The Morgan fingerprint density at radius 2 is 0.500 bits per heavy atom. The Balaban J connectivity index is 1.27. The Hall–Kier alpha value is -5.98. The molecule has 9 aromatic carbocycles. The summed E-state index contributed by atoms with van der Waals surface area (Å²) in [6, 6.07) is 66.6. The van der Waals surface area contributed by atoms with Gasteiger partial charge in [-0.3, -0.25) is 0 Å². The van der Waals surface area contributed by atoms with Crippen molar-refractivity contribution in [2.45, 2.75) is 0 Å². The van der Waals surface area contributed by atoms with Crippen LogP contribution in [0, 0.1) is 0 Å². The van der Waals surface area contributed by atoms with E-state index in [1.807, 2.05) is 0 Å². The Bertz CT molecular complexity index is 2380. The van der Waals surface area contributed by atoms with Gasteiger partial charge in [-0.1, -0.05) is 158 Å². The van der Waals surface area contributed by atoms with E-state index in [1.54, 1.807) is 0 Å². The van der Waals surface area contributed by atoms with Crippen molar-refractivity contribution in [3.05, 3.63) is 182 Å². The Labute approximate surface area is 268 Å². The second-order valence-electron chi connectivity index (χ2n) is 12.1. The van der Waals surface area contributed by atoms with Crippen molar-refractivity contribution in [1.82, 2.24) is 0 Å². The average Bonchev–Trinajstić information content (AvgIpc) is 3.14. The molecule has 9 rings (SSSR count). The van der Waals surface area contributed by atoms with Gasteiger partial charge in [-0.05, 0) is 112 Å². The summed E-state index contributed by atoms with van der Waals surface area (Å²) in [6.45, 7) is 0. The molecule has 0 bridgehead atoms. The highest BCUT2D eigenvalue weighted by atomic mass is 14.2. The quantitative estimate of drug-likeness (QED) is 0.181. The average molecular weight is 583 g/mol. The summed E-state index contributed by atoms with van der Waals surface area (Å²) >= 11 is 0. The first-order valence-corrected chi connectivity index (χ1v) is 15.9. The maximum atomic E-state index is 2.37. The number of hydrogen-bond acceptors (Lipinski definition) is 0. The van der Waals surface area contributed by atoms with Crippen LogP contribution in [-0.2, 0) is 0 Å². The van der Waals surface area contributed by atoms with Gasteiger partial charge in [-0.25, -0.2) is 0 Å². The molecule has 0 fully saturated rings. The second-order valence-corrected chi connectivity index (χ2v) is 12.1. The lowest BCUT2D eigenvalue weighted by Crippen LogP contribution is -1.92. The van der Waals surface area contributed by atoms with Gasteiger partial charge in [-0.15, -0.1) is 0 Å². The van der Waals surface area contributed by atoms with E-state index < -0.39 is 0 Å². The van der Waals surface area contributed by atoms with E-state index in [2.05, 4.69) is 182 Å². The SMILES string of the molecule is c1ccc(-c2ccc3cc(-c4c(-c5ccc6cc(-c7ccccc7)ccc6c5)c5ccccc5c5ccccc45)ccc3c2)cc1. The van der Waals surface area contributed by atoms with Gasteiger partial charge in [0.2, 0.25) is 0 Å². The predicted molar refractivity (Wildman–Crippen MR) is 198 cm³/mol. The van der Waals surface area contributed by atoms with Crippen LogP contribution in [0.25, 0.3) is 87.6 Å². The molecule has 9 aromatic rings. The van der Waals surface area contributed by atoms with E-state index >= 15 is 0 Å². The minimum atomic E-state index is 1.23. The van der Waals surface area contributed by atoms with E-state index in [0.717, 1.165) is 0 Å². The molecule has 0 saturated carbocycles. The topological polar surface area (TPSA) is 0 Å². The van der Waals surface area contributed by atoms with Crippen molar-refractivity contribution in [2.75, 3.05) is 0 Å². The summed E-state index contributed by atoms with van der Waals surface area (Å²) in [6.07, 6.45) is 0. The molecule has 0 saturated heterocycles. The van der Waals surface area contributed by atoms with Crippen LogP contribution in [0.15, 0.2) is 182 Å². The largest absolute Gasteiger partial charge is 0.0622 e. The Morgan fingerprint density at radius 3 is 0.891 bits per heavy atom. The van der Waals surface area contributed by atoms with Crippen molar-refractivity contribution < 1.29 is 0 Å². The van der Waals surface area contributed by atoms with Crippen LogP contribution >= 0.6 is 0 Å². The summed E-state index contributed by atoms with van der Waals surface area (Å²) in [5.74, 6) is 0. The van der Waals surface area contributed by atoms with Crippen LogP contribution in [0.2, 0.25) is 0 Å². The Morgan fingerprint density at radius 1 is 0.196 bits per heavy atom. The first-order chi connectivity index (χ1) is 22.8. The van der Waals surface area contributed by atoms with Gasteiger partial charge >= 0.3 is 0 Å². The normalized spacial score (nSPS) is 11.5. The minimum absolute atomic E-state index is 1.23. The van der Waals surface area contributed by atoms with Crippen LogP contribution in [0.1, 0.15) is 0 Å².